The Labute approximate surface area is 289 Å². The van der Waals surface area contributed by atoms with Gasteiger partial charge in [-0.15, -0.1) is 0 Å². The van der Waals surface area contributed by atoms with E-state index >= 15 is 0 Å². The van der Waals surface area contributed by atoms with Gasteiger partial charge in [-0.2, -0.15) is 0 Å². The minimum atomic E-state index is 0.589. The maximum atomic E-state index is 5.11. The Morgan fingerprint density at radius 3 is 2.14 bits per heavy atom. The molecule has 0 N–H and O–H groups in total. The van der Waals surface area contributed by atoms with Gasteiger partial charge in [-0.3, -0.25) is 0 Å². The average molecular weight is 637 g/mol. The normalized spacial score (nSPS) is 11.6. The molecule has 0 aliphatic heterocycles. The van der Waals surface area contributed by atoms with Crippen molar-refractivity contribution in [3.63, 3.8) is 0 Å². The lowest BCUT2D eigenvalue weighted by Crippen LogP contribution is -2.17. The molecule has 0 amide bonds. The molecule has 0 radical (unpaired) electrons. The van der Waals surface area contributed by atoms with Crippen LogP contribution in [0.25, 0.3) is 44.7 Å². The molecule has 1 heterocycles. The highest BCUT2D eigenvalue weighted by atomic mass is 15.1. The number of aryl methyl sites for hydroxylation is 1. The van der Waals surface area contributed by atoms with E-state index in [1.54, 1.807) is 0 Å². The quantitative estimate of drug-likeness (QED) is 0.133. The van der Waals surface area contributed by atoms with Gasteiger partial charge in [0.2, 0.25) is 0 Å². The van der Waals surface area contributed by atoms with Gasteiger partial charge >= 0.3 is 0 Å². The van der Waals surface area contributed by atoms with Crippen LogP contribution in [0.3, 0.4) is 0 Å². The summed E-state index contributed by atoms with van der Waals surface area (Å²) in [6.45, 7) is 14.9. The van der Waals surface area contributed by atoms with E-state index in [9.17, 15) is 0 Å². The number of hydrogen-bond acceptors (Lipinski definition) is 4. The van der Waals surface area contributed by atoms with E-state index in [-0.39, 0.29) is 0 Å². The highest BCUT2D eigenvalue weighted by Gasteiger charge is 2.20. The Kier molecular flexibility index (Phi) is 10.2. The van der Waals surface area contributed by atoms with E-state index in [0.717, 1.165) is 61.2 Å². The highest BCUT2D eigenvalue weighted by molar-refractivity contribution is 6.03. The van der Waals surface area contributed by atoms with Crippen molar-refractivity contribution in [1.29, 1.82) is 0 Å². The number of hydrogen-bond donors (Lipinski definition) is 0. The fourth-order valence-electron chi connectivity index (χ4n) is 5.94. The summed E-state index contributed by atoms with van der Waals surface area (Å²) in [4.78, 5) is 17.3. The van der Waals surface area contributed by atoms with Gasteiger partial charge in [-0.25, -0.2) is 15.0 Å². The number of para-hydroxylation sites is 1. The zero-order valence-electron chi connectivity index (χ0n) is 28.3. The van der Waals surface area contributed by atoms with Gasteiger partial charge in [0.1, 0.15) is 5.82 Å². The fraction of sp³-hybridized carbons (Fsp3) is 0.0889. The first-order chi connectivity index (χ1) is 24.0. The lowest BCUT2D eigenvalue weighted by atomic mass is 9.93. The first-order valence-electron chi connectivity index (χ1n) is 16.6. The van der Waals surface area contributed by atoms with Crippen LogP contribution in [-0.4, -0.2) is 15.0 Å². The Morgan fingerprint density at radius 2 is 1.39 bits per heavy atom. The largest absolute Gasteiger partial charge is 0.310 e. The summed E-state index contributed by atoms with van der Waals surface area (Å²) in [6.07, 6.45) is 12.7. The van der Waals surface area contributed by atoms with Crippen LogP contribution in [-0.2, 0) is 6.42 Å². The SMILES string of the molecule is C=C(/C=C\C)C(=C)N(c1ccc(-c2ccc3ccccc3c2-c2nc(C/C=C\C=C/C)nc(-c3ccccc3)n2)cc1)c1ccccc1C. The molecule has 4 heteroatoms. The molecule has 0 atom stereocenters. The van der Waals surface area contributed by atoms with Crippen LogP contribution in [0.5, 0.6) is 0 Å². The van der Waals surface area contributed by atoms with Crippen molar-refractivity contribution in [2.24, 2.45) is 0 Å². The summed E-state index contributed by atoms with van der Waals surface area (Å²) in [5, 5.41) is 2.21. The lowest BCUT2D eigenvalue weighted by Gasteiger charge is -2.29. The summed E-state index contributed by atoms with van der Waals surface area (Å²) >= 11 is 0. The van der Waals surface area contributed by atoms with Crippen LogP contribution < -0.4 is 4.90 Å². The van der Waals surface area contributed by atoms with Crippen molar-refractivity contribution in [2.45, 2.75) is 27.2 Å². The van der Waals surface area contributed by atoms with Crippen LogP contribution in [0.1, 0.15) is 25.2 Å². The second-order valence-electron chi connectivity index (χ2n) is 11.8. The zero-order chi connectivity index (χ0) is 34.2. The van der Waals surface area contributed by atoms with Crippen LogP contribution in [0.15, 0.2) is 176 Å². The Hall–Kier alpha value is -6.13. The molecule has 6 rings (SSSR count). The monoisotopic (exact) mass is 636 g/mol. The summed E-state index contributed by atoms with van der Waals surface area (Å²) in [7, 11) is 0. The van der Waals surface area contributed by atoms with E-state index in [2.05, 4.69) is 116 Å². The second kappa shape index (κ2) is 15.2. The molecule has 0 saturated heterocycles. The molecule has 0 saturated carbocycles. The van der Waals surface area contributed by atoms with Gasteiger partial charge in [-0.1, -0.05) is 147 Å². The third-order valence-electron chi connectivity index (χ3n) is 8.41. The molecule has 0 aliphatic rings. The third kappa shape index (κ3) is 7.24. The molecule has 1 aromatic heterocycles. The van der Waals surface area contributed by atoms with Crippen molar-refractivity contribution >= 4 is 22.1 Å². The van der Waals surface area contributed by atoms with Crippen molar-refractivity contribution in [3.8, 4) is 33.9 Å². The summed E-state index contributed by atoms with van der Waals surface area (Å²) in [5.41, 5.74) is 8.92. The number of aromatic nitrogens is 3. The number of anilines is 2. The summed E-state index contributed by atoms with van der Waals surface area (Å²) in [5.74, 6) is 2.02. The molecule has 240 valence electrons. The van der Waals surface area contributed by atoms with Crippen LogP contribution >= 0.6 is 0 Å². The number of benzene rings is 5. The molecule has 49 heavy (non-hydrogen) atoms. The molecule has 0 fully saturated rings. The topological polar surface area (TPSA) is 41.9 Å². The molecule has 0 aliphatic carbocycles. The van der Waals surface area contributed by atoms with E-state index in [4.69, 9.17) is 15.0 Å². The number of nitrogens with zero attached hydrogens (tertiary/aromatic N) is 4. The van der Waals surface area contributed by atoms with E-state index in [1.807, 2.05) is 74.6 Å². The molecule has 0 unspecified atom stereocenters. The molecule has 0 bridgehead atoms. The van der Waals surface area contributed by atoms with Crippen molar-refractivity contribution in [2.75, 3.05) is 4.90 Å². The first-order valence-corrected chi connectivity index (χ1v) is 16.6. The summed E-state index contributed by atoms with van der Waals surface area (Å²) < 4.78 is 0. The third-order valence-corrected chi connectivity index (χ3v) is 8.41. The van der Waals surface area contributed by atoms with Gasteiger partial charge in [-0.05, 0) is 72.0 Å². The molecular weight excluding hydrogens is 597 g/mol. The standard InChI is InChI=1S/C45H40N4/c1-6-8-9-13-25-42-46-44(37-21-11-10-12-22-37)48-45(47-42)43-39-23-16-15-20-35(39)28-31-40(43)36-26-29-38(30-27-36)49(34(5)32(3)18-7-2)41-24-17-14-19-33(41)4/h6-24,26-31H,3,5,25H2,1-2,4H3/b8-6-,13-9-,18-7-. The Balaban J connectivity index is 1.51. The van der Waals surface area contributed by atoms with Crippen molar-refractivity contribution in [1.82, 2.24) is 15.0 Å². The number of rotatable bonds is 11. The Bertz CT molecular complexity index is 2210. The minimum absolute atomic E-state index is 0.589. The number of fused-ring (bicyclic) bond motifs is 1. The van der Waals surface area contributed by atoms with Gasteiger partial charge < -0.3 is 4.90 Å². The van der Waals surface area contributed by atoms with Gasteiger partial charge in [0.05, 0.1) is 0 Å². The first kappa shape index (κ1) is 32.8. The van der Waals surface area contributed by atoms with Crippen LogP contribution in [0.4, 0.5) is 11.4 Å². The van der Waals surface area contributed by atoms with Gasteiger partial charge in [0, 0.05) is 34.6 Å². The highest BCUT2D eigenvalue weighted by Crippen LogP contribution is 2.40. The fourth-order valence-corrected chi connectivity index (χ4v) is 5.94. The van der Waals surface area contributed by atoms with Gasteiger partial charge in [0.15, 0.2) is 11.6 Å². The molecule has 6 aromatic rings. The number of allylic oxidation sites excluding steroid dienone is 6. The van der Waals surface area contributed by atoms with Crippen molar-refractivity contribution in [3.05, 3.63) is 188 Å². The van der Waals surface area contributed by atoms with Crippen LogP contribution in [0, 0.1) is 6.92 Å². The van der Waals surface area contributed by atoms with Crippen LogP contribution in [0.2, 0.25) is 0 Å². The second-order valence-corrected chi connectivity index (χ2v) is 11.8. The van der Waals surface area contributed by atoms with Crippen molar-refractivity contribution < 1.29 is 0 Å². The lowest BCUT2D eigenvalue weighted by molar-refractivity contribution is 0.948. The zero-order valence-corrected chi connectivity index (χ0v) is 28.3. The molecule has 5 aromatic carbocycles. The predicted octanol–water partition coefficient (Wildman–Crippen LogP) is 11.8. The summed E-state index contributed by atoms with van der Waals surface area (Å²) in [6, 6.07) is 39.9. The minimum Gasteiger partial charge on any atom is -0.310 e. The molecule has 0 spiro atoms. The molecule has 4 nitrogen and oxygen atoms in total. The maximum Gasteiger partial charge on any atom is 0.164 e. The predicted molar refractivity (Wildman–Crippen MR) is 208 cm³/mol. The van der Waals surface area contributed by atoms with E-state index < -0.39 is 0 Å². The van der Waals surface area contributed by atoms with E-state index in [1.165, 1.54) is 0 Å². The molecular formula is C45H40N4. The smallest absolute Gasteiger partial charge is 0.164 e. The average Bonchev–Trinajstić information content (AvgIpc) is 3.14. The Morgan fingerprint density at radius 1 is 0.673 bits per heavy atom. The van der Waals surface area contributed by atoms with Gasteiger partial charge in [0.25, 0.3) is 0 Å². The maximum absolute atomic E-state index is 5.11. The van der Waals surface area contributed by atoms with E-state index in [0.29, 0.717) is 23.9 Å².